The Morgan fingerprint density at radius 2 is 2.11 bits per heavy atom. The molecule has 0 aliphatic rings. The van der Waals surface area contributed by atoms with Crippen molar-refractivity contribution < 1.29 is 9.47 Å². The van der Waals surface area contributed by atoms with Crippen LogP contribution in [0.15, 0.2) is 6.20 Å². The first-order valence-electron chi connectivity index (χ1n) is 6.82. The molecule has 1 atom stereocenters. The molecule has 5 heteroatoms. The Hall–Kier alpha value is -1.07. The molecule has 0 aliphatic heterocycles. The third-order valence-corrected chi connectivity index (χ3v) is 2.82. The van der Waals surface area contributed by atoms with E-state index < -0.39 is 0 Å². The molecule has 0 saturated carbocycles. The summed E-state index contributed by atoms with van der Waals surface area (Å²) >= 11 is 0. The Kier molecular flexibility index (Phi) is 5.82. The van der Waals surface area contributed by atoms with Crippen LogP contribution in [0.25, 0.3) is 0 Å². The van der Waals surface area contributed by atoms with Crippen LogP contribution in [0.2, 0.25) is 0 Å². The van der Waals surface area contributed by atoms with E-state index in [1.165, 1.54) is 0 Å². The minimum absolute atomic E-state index is 0.0848. The van der Waals surface area contributed by atoms with Crippen molar-refractivity contribution in [3.8, 4) is 5.75 Å². The van der Waals surface area contributed by atoms with Crippen LogP contribution < -0.4 is 10.1 Å². The number of ether oxygens (including phenoxy) is 2. The van der Waals surface area contributed by atoms with Crippen molar-refractivity contribution in [2.24, 2.45) is 7.05 Å². The summed E-state index contributed by atoms with van der Waals surface area (Å²) in [4.78, 5) is 0. The van der Waals surface area contributed by atoms with E-state index >= 15 is 0 Å². The number of hydrogen-bond donors (Lipinski definition) is 1. The third-order valence-electron chi connectivity index (χ3n) is 2.82. The van der Waals surface area contributed by atoms with Crippen LogP contribution in [0.3, 0.4) is 0 Å². The summed E-state index contributed by atoms with van der Waals surface area (Å²) in [5.74, 6) is 0.800. The molecule has 0 amide bonds. The lowest BCUT2D eigenvalue weighted by Crippen LogP contribution is -2.32. The molecule has 1 rings (SSSR count). The second-order valence-corrected chi connectivity index (χ2v) is 5.65. The minimum Gasteiger partial charge on any atom is -0.493 e. The molecule has 1 heterocycles. The summed E-state index contributed by atoms with van der Waals surface area (Å²) in [6, 6.07) is 0.0848. The highest BCUT2D eigenvalue weighted by molar-refractivity contribution is 5.28. The van der Waals surface area contributed by atoms with E-state index in [9.17, 15) is 0 Å². The second-order valence-electron chi connectivity index (χ2n) is 5.65. The monoisotopic (exact) mass is 269 g/mol. The molecule has 1 unspecified atom stereocenters. The van der Waals surface area contributed by atoms with Gasteiger partial charge in [-0.05, 0) is 33.7 Å². The fraction of sp³-hybridized carbons (Fsp3) is 0.786. The second kappa shape index (κ2) is 6.91. The molecule has 110 valence electrons. The predicted octanol–water partition coefficient (Wildman–Crippen LogP) is 2.28. The van der Waals surface area contributed by atoms with Gasteiger partial charge in [-0.1, -0.05) is 6.92 Å². The van der Waals surface area contributed by atoms with Crippen molar-refractivity contribution in [3.05, 3.63) is 11.9 Å². The van der Waals surface area contributed by atoms with Crippen LogP contribution >= 0.6 is 0 Å². The van der Waals surface area contributed by atoms with E-state index in [1.54, 1.807) is 13.3 Å². The number of nitrogens with zero attached hydrogens (tertiary/aromatic N) is 2. The number of rotatable bonds is 7. The summed E-state index contributed by atoms with van der Waals surface area (Å²) in [6.07, 6.45) is 2.82. The summed E-state index contributed by atoms with van der Waals surface area (Å²) in [5.41, 5.74) is 0.873. The molecule has 5 nitrogen and oxygen atoms in total. The normalized spacial score (nSPS) is 13.6. The number of nitrogens with one attached hydrogen (secondary N) is 1. The van der Waals surface area contributed by atoms with Crippen LogP contribution in [-0.2, 0) is 11.8 Å². The summed E-state index contributed by atoms with van der Waals surface area (Å²) in [5, 5.41) is 7.75. The first-order valence-corrected chi connectivity index (χ1v) is 6.82. The van der Waals surface area contributed by atoms with E-state index in [1.807, 2.05) is 11.7 Å². The zero-order chi connectivity index (χ0) is 14.5. The summed E-state index contributed by atoms with van der Waals surface area (Å²) in [7, 11) is 3.59. The Labute approximate surface area is 116 Å². The van der Waals surface area contributed by atoms with Crippen molar-refractivity contribution in [2.75, 3.05) is 20.3 Å². The first-order chi connectivity index (χ1) is 8.89. The molecule has 1 aromatic heterocycles. The highest BCUT2D eigenvalue weighted by atomic mass is 16.5. The van der Waals surface area contributed by atoms with E-state index in [4.69, 9.17) is 9.47 Å². The maximum absolute atomic E-state index is 5.91. The van der Waals surface area contributed by atoms with Crippen molar-refractivity contribution in [3.63, 3.8) is 0 Å². The van der Waals surface area contributed by atoms with Gasteiger partial charge >= 0.3 is 0 Å². The maximum Gasteiger partial charge on any atom is 0.161 e. The molecule has 0 aliphatic carbocycles. The summed E-state index contributed by atoms with van der Waals surface area (Å²) < 4.78 is 13.1. The largest absolute Gasteiger partial charge is 0.493 e. The highest BCUT2D eigenvalue weighted by Gasteiger charge is 2.22. The first kappa shape index (κ1) is 16.0. The Balaban J connectivity index is 2.85. The smallest absolute Gasteiger partial charge is 0.161 e. The Morgan fingerprint density at radius 3 is 2.63 bits per heavy atom. The van der Waals surface area contributed by atoms with E-state index in [2.05, 4.69) is 38.1 Å². The van der Waals surface area contributed by atoms with Gasteiger partial charge in [0.25, 0.3) is 0 Å². The number of aryl methyl sites for hydroxylation is 1. The molecule has 0 aromatic carbocycles. The van der Waals surface area contributed by atoms with Gasteiger partial charge in [0.05, 0.1) is 37.3 Å². The van der Waals surface area contributed by atoms with Crippen LogP contribution in [-0.4, -0.2) is 35.6 Å². The van der Waals surface area contributed by atoms with Crippen molar-refractivity contribution in [1.82, 2.24) is 15.1 Å². The quantitative estimate of drug-likeness (QED) is 0.825. The maximum atomic E-state index is 5.91. The molecular weight excluding hydrogens is 242 g/mol. The van der Waals surface area contributed by atoms with Gasteiger partial charge in [0.15, 0.2) is 5.75 Å². The van der Waals surface area contributed by atoms with Crippen molar-refractivity contribution >= 4 is 0 Å². The van der Waals surface area contributed by atoms with E-state index in [-0.39, 0.29) is 11.6 Å². The number of aromatic nitrogens is 2. The molecule has 0 fully saturated rings. The van der Waals surface area contributed by atoms with Gasteiger partial charge in [-0.2, -0.15) is 5.10 Å². The van der Waals surface area contributed by atoms with E-state index in [0.29, 0.717) is 6.61 Å². The minimum atomic E-state index is -0.155. The molecule has 0 spiro atoms. The SMILES string of the molecule is CCCNC(COC(C)(C)C)c1c(OC)cnn1C. The van der Waals surface area contributed by atoms with Crippen molar-refractivity contribution in [2.45, 2.75) is 45.8 Å². The van der Waals surface area contributed by atoms with Crippen molar-refractivity contribution in [1.29, 1.82) is 0 Å². The fourth-order valence-corrected chi connectivity index (χ4v) is 1.87. The van der Waals surface area contributed by atoms with Gasteiger partial charge in [0, 0.05) is 7.05 Å². The van der Waals surface area contributed by atoms with Crippen LogP contribution in [0, 0.1) is 0 Å². The molecule has 0 saturated heterocycles. The van der Waals surface area contributed by atoms with Gasteiger partial charge in [0.2, 0.25) is 0 Å². The van der Waals surface area contributed by atoms with Crippen LogP contribution in [0.5, 0.6) is 5.75 Å². The molecule has 0 radical (unpaired) electrons. The molecule has 0 bridgehead atoms. The lowest BCUT2D eigenvalue weighted by molar-refractivity contribution is -0.0159. The van der Waals surface area contributed by atoms with E-state index in [0.717, 1.165) is 24.4 Å². The van der Waals surface area contributed by atoms with Crippen LogP contribution in [0.1, 0.15) is 45.9 Å². The van der Waals surface area contributed by atoms with Crippen LogP contribution in [0.4, 0.5) is 0 Å². The number of methoxy groups -OCH3 is 1. The van der Waals surface area contributed by atoms with Gasteiger partial charge in [-0.3, -0.25) is 4.68 Å². The lowest BCUT2D eigenvalue weighted by atomic mass is 10.1. The lowest BCUT2D eigenvalue weighted by Gasteiger charge is -2.25. The number of hydrogen-bond acceptors (Lipinski definition) is 4. The summed E-state index contributed by atoms with van der Waals surface area (Å²) in [6.45, 7) is 9.86. The van der Waals surface area contributed by atoms with Gasteiger partial charge in [-0.15, -0.1) is 0 Å². The predicted molar refractivity (Wildman–Crippen MR) is 76.5 cm³/mol. The fourth-order valence-electron chi connectivity index (χ4n) is 1.87. The third kappa shape index (κ3) is 4.84. The van der Waals surface area contributed by atoms with Gasteiger partial charge in [0.1, 0.15) is 0 Å². The zero-order valence-corrected chi connectivity index (χ0v) is 13.0. The topological polar surface area (TPSA) is 48.3 Å². The highest BCUT2D eigenvalue weighted by Crippen LogP contribution is 2.25. The zero-order valence-electron chi connectivity index (χ0n) is 13.0. The Bertz CT molecular complexity index is 383. The molecule has 1 N–H and O–H groups in total. The van der Waals surface area contributed by atoms with Gasteiger partial charge in [-0.25, -0.2) is 0 Å². The molecule has 19 heavy (non-hydrogen) atoms. The average molecular weight is 269 g/mol. The Morgan fingerprint density at radius 1 is 1.42 bits per heavy atom. The molecular formula is C14H27N3O2. The molecule has 1 aromatic rings. The standard InChI is InChI=1S/C14H27N3O2/c1-7-8-15-11(10-19-14(2,3)4)13-12(18-6)9-16-17(13)5/h9,11,15H,7-8,10H2,1-6H3. The average Bonchev–Trinajstić information content (AvgIpc) is 2.70. The van der Waals surface area contributed by atoms with Gasteiger partial charge < -0.3 is 14.8 Å².